The molecular weight excluding hydrogens is 282 g/mol. The largest absolute Gasteiger partial charge is 0.384 e. The number of nitrogens with zero attached hydrogens (tertiary/aromatic N) is 1. The van der Waals surface area contributed by atoms with E-state index in [-0.39, 0.29) is 12.5 Å². The van der Waals surface area contributed by atoms with Crippen molar-refractivity contribution in [3.8, 4) is 11.8 Å². The molecule has 0 unspecified atom stereocenters. The number of aliphatic hydroxyl groups excluding tert-OH is 1. The summed E-state index contributed by atoms with van der Waals surface area (Å²) < 4.78 is 0. The van der Waals surface area contributed by atoms with E-state index in [1.54, 1.807) is 24.1 Å². The molecule has 108 valence electrons. The minimum Gasteiger partial charge on any atom is -0.384 e. The highest BCUT2D eigenvalue weighted by Crippen LogP contribution is 2.22. The fourth-order valence-corrected chi connectivity index (χ4v) is 2.93. The normalized spacial score (nSPS) is 9.90. The molecule has 4 heteroatoms. The predicted molar refractivity (Wildman–Crippen MR) is 86.9 cm³/mol. The van der Waals surface area contributed by atoms with E-state index < -0.39 is 0 Å². The molecule has 0 bridgehead atoms. The van der Waals surface area contributed by atoms with Gasteiger partial charge in [-0.25, -0.2) is 0 Å². The molecule has 0 atom stereocenters. The monoisotopic (exact) mass is 299 g/mol. The molecule has 1 amide bonds. The van der Waals surface area contributed by atoms with Crippen molar-refractivity contribution in [1.82, 2.24) is 0 Å². The number of benzene rings is 1. The van der Waals surface area contributed by atoms with E-state index in [1.165, 1.54) is 11.3 Å². The summed E-state index contributed by atoms with van der Waals surface area (Å²) in [6.07, 6.45) is 0. The van der Waals surface area contributed by atoms with Crippen LogP contribution in [0.1, 0.15) is 25.7 Å². The van der Waals surface area contributed by atoms with Gasteiger partial charge >= 0.3 is 0 Å². The Kier molecular flexibility index (Phi) is 4.79. The summed E-state index contributed by atoms with van der Waals surface area (Å²) in [6, 6.07) is 9.63. The van der Waals surface area contributed by atoms with Gasteiger partial charge in [-0.1, -0.05) is 17.9 Å². The van der Waals surface area contributed by atoms with Gasteiger partial charge in [0.25, 0.3) is 5.91 Å². The molecule has 0 saturated heterocycles. The molecule has 21 heavy (non-hydrogen) atoms. The Morgan fingerprint density at radius 3 is 2.52 bits per heavy atom. The van der Waals surface area contributed by atoms with E-state index in [0.29, 0.717) is 4.88 Å². The zero-order chi connectivity index (χ0) is 15.4. The van der Waals surface area contributed by atoms with Gasteiger partial charge in [0.1, 0.15) is 6.61 Å². The number of rotatable bonds is 2. The lowest BCUT2D eigenvalue weighted by molar-refractivity contribution is 0.0997. The van der Waals surface area contributed by atoms with Crippen LogP contribution in [0, 0.1) is 25.7 Å². The van der Waals surface area contributed by atoms with Crippen molar-refractivity contribution >= 4 is 22.9 Å². The number of aryl methyl sites for hydroxylation is 2. The topological polar surface area (TPSA) is 40.5 Å². The van der Waals surface area contributed by atoms with Crippen molar-refractivity contribution in [1.29, 1.82) is 0 Å². The van der Waals surface area contributed by atoms with Crippen LogP contribution in [-0.4, -0.2) is 24.7 Å². The summed E-state index contributed by atoms with van der Waals surface area (Å²) in [5.41, 5.74) is 3.14. The highest BCUT2D eigenvalue weighted by atomic mass is 32.1. The van der Waals surface area contributed by atoms with Gasteiger partial charge in [-0.15, -0.1) is 11.3 Å². The van der Waals surface area contributed by atoms with Crippen molar-refractivity contribution in [3.63, 3.8) is 0 Å². The number of hydrogen-bond acceptors (Lipinski definition) is 3. The van der Waals surface area contributed by atoms with E-state index in [0.717, 1.165) is 21.7 Å². The van der Waals surface area contributed by atoms with Crippen LogP contribution in [-0.2, 0) is 0 Å². The Labute approximate surface area is 128 Å². The van der Waals surface area contributed by atoms with Gasteiger partial charge in [-0.2, -0.15) is 0 Å². The average Bonchev–Trinajstić information content (AvgIpc) is 2.91. The first kappa shape index (κ1) is 15.3. The third-order valence-electron chi connectivity index (χ3n) is 3.01. The average molecular weight is 299 g/mol. The number of carbonyl (C=O) groups excluding carboxylic acids is 1. The van der Waals surface area contributed by atoms with Gasteiger partial charge in [0, 0.05) is 12.7 Å². The van der Waals surface area contributed by atoms with Crippen molar-refractivity contribution in [2.24, 2.45) is 0 Å². The van der Waals surface area contributed by atoms with Crippen LogP contribution in [0.15, 0.2) is 30.3 Å². The Balaban J connectivity index is 2.24. The van der Waals surface area contributed by atoms with E-state index in [2.05, 4.69) is 17.9 Å². The van der Waals surface area contributed by atoms with E-state index in [1.807, 2.05) is 26.0 Å². The van der Waals surface area contributed by atoms with Gasteiger partial charge in [0.2, 0.25) is 0 Å². The second-order valence-corrected chi connectivity index (χ2v) is 5.92. The van der Waals surface area contributed by atoms with E-state index in [4.69, 9.17) is 5.11 Å². The summed E-state index contributed by atoms with van der Waals surface area (Å²) in [5.74, 6) is 5.34. The van der Waals surface area contributed by atoms with Crippen molar-refractivity contribution in [3.05, 3.63) is 51.2 Å². The van der Waals surface area contributed by atoms with Crippen LogP contribution in [0.5, 0.6) is 0 Å². The maximum atomic E-state index is 12.5. The second-order valence-electron chi connectivity index (χ2n) is 4.83. The maximum Gasteiger partial charge on any atom is 0.268 e. The quantitative estimate of drug-likeness (QED) is 0.866. The summed E-state index contributed by atoms with van der Waals surface area (Å²) >= 11 is 1.34. The Hall–Kier alpha value is -2.09. The van der Waals surface area contributed by atoms with E-state index in [9.17, 15) is 4.79 Å². The number of aliphatic hydroxyl groups is 1. The molecule has 2 rings (SSSR count). The molecule has 0 aliphatic carbocycles. The second kappa shape index (κ2) is 6.57. The van der Waals surface area contributed by atoms with Crippen LogP contribution >= 0.6 is 11.3 Å². The van der Waals surface area contributed by atoms with Crippen LogP contribution in [0.2, 0.25) is 0 Å². The Morgan fingerprint density at radius 2 is 1.90 bits per heavy atom. The molecule has 0 spiro atoms. The first-order chi connectivity index (χ1) is 10.0. The molecule has 2 aromatic rings. The van der Waals surface area contributed by atoms with Crippen LogP contribution in [0.3, 0.4) is 0 Å². The molecule has 0 radical (unpaired) electrons. The molecule has 0 fully saturated rings. The minimum absolute atomic E-state index is 0.0537. The summed E-state index contributed by atoms with van der Waals surface area (Å²) in [6.45, 7) is 3.86. The lowest BCUT2D eigenvalue weighted by Gasteiger charge is -2.17. The van der Waals surface area contributed by atoms with Gasteiger partial charge in [-0.05, 0) is 49.2 Å². The molecular formula is C17H17NO2S. The van der Waals surface area contributed by atoms with Crippen LogP contribution < -0.4 is 4.90 Å². The zero-order valence-electron chi connectivity index (χ0n) is 12.3. The maximum absolute atomic E-state index is 12.5. The van der Waals surface area contributed by atoms with Crippen molar-refractivity contribution in [2.45, 2.75) is 13.8 Å². The first-order valence-corrected chi connectivity index (χ1v) is 7.39. The number of anilines is 1. The van der Waals surface area contributed by atoms with E-state index >= 15 is 0 Å². The molecule has 1 aromatic heterocycles. The predicted octanol–water partition coefficient (Wildman–Crippen LogP) is 2.99. The standard InChI is InChI=1S/C17H17NO2S/c1-12-9-13(2)11-14(10-12)18(3)17(20)16-7-6-15(21-16)5-4-8-19/h6-7,9-11,19H,8H2,1-3H3. The molecule has 1 N–H and O–H groups in total. The summed E-state index contributed by atoms with van der Waals surface area (Å²) in [7, 11) is 1.77. The summed E-state index contributed by atoms with van der Waals surface area (Å²) in [4.78, 5) is 15.6. The van der Waals surface area contributed by atoms with Crippen molar-refractivity contribution in [2.75, 3.05) is 18.6 Å². The fraction of sp³-hybridized carbons (Fsp3) is 0.235. The number of carbonyl (C=O) groups is 1. The van der Waals surface area contributed by atoms with Gasteiger partial charge in [0.05, 0.1) is 9.75 Å². The minimum atomic E-state index is -0.177. The smallest absolute Gasteiger partial charge is 0.268 e. The third-order valence-corrected chi connectivity index (χ3v) is 3.99. The number of amides is 1. The molecule has 0 aliphatic heterocycles. The Bertz CT molecular complexity index is 702. The SMILES string of the molecule is Cc1cc(C)cc(N(C)C(=O)c2ccc(C#CCO)s2)c1. The number of thiophene rings is 1. The third kappa shape index (κ3) is 3.72. The van der Waals surface area contributed by atoms with Gasteiger partial charge in [-0.3, -0.25) is 4.79 Å². The highest BCUT2D eigenvalue weighted by Gasteiger charge is 2.16. The lowest BCUT2D eigenvalue weighted by atomic mass is 10.1. The van der Waals surface area contributed by atoms with Crippen LogP contribution in [0.25, 0.3) is 0 Å². The summed E-state index contributed by atoms with van der Waals surface area (Å²) in [5, 5.41) is 8.69. The molecule has 3 nitrogen and oxygen atoms in total. The van der Waals surface area contributed by atoms with Gasteiger partial charge < -0.3 is 10.0 Å². The lowest BCUT2D eigenvalue weighted by Crippen LogP contribution is -2.25. The van der Waals surface area contributed by atoms with Crippen LogP contribution in [0.4, 0.5) is 5.69 Å². The highest BCUT2D eigenvalue weighted by molar-refractivity contribution is 7.14. The molecule has 1 aromatic carbocycles. The zero-order valence-corrected chi connectivity index (χ0v) is 13.1. The Morgan fingerprint density at radius 1 is 1.24 bits per heavy atom. The fourth-order valence-electron chi connectivity index (χ4n) is 2.07. The van der Waals surface area contributed by atoms with Crippen molar-refractivity contribution < 1.29 is 9.90 Å². The molecule has 0 aliphatic rings. The molecule has 1 heterocycles. The van der Waals surface area contributed by atoms with Gasteiger partial charge in [0.15, 0.2) is 0 Å². The number of hydrogen-bond donors (Lipinski definition) is 1. The molecule has 0 saturated carbocycles. The first-order valence-electron chi connectivity index (χ1n) is 6.57.